The SMILES string of the molecule is CC(=O)N1CC[C@H](c2nc3ccc(C(F)(F)F)cc3[nH]2)C1. The van der Waals surface area contributed by atoms with Crippen molar-refractivity contribution in [2.24, 2.45) is 0 Å². The van der Waals surface area contributed by atoms with Gasteiger partial charge in [0, 0.05) is 25.9 Å². The van der Waals surface area contributed by atoms with Crippen molar-refractivity contribution in [3.8, 4) is 0 Å². The molecule has 1 atom stereocenters. The standard InChI is InChI=1S/C14H14F3N3O/c1-8(21)20-5-4-9(7-20)13-18-11-3-2-10(14(15,16)17)6-12(11)19-13/h2-3,6,9H,4-5,7H2,1H3,(H,18,19)/t9-/m0/s1. The Labute approximate surface area is 119 Å². The fourth-order valence-electron chi connectivity index (χ4n) is 2.67. The number of carbonyl (C=O) groups is 1. The first-order valence-corrected chi connectivity index (χ1v) is 6.67. The van der Waals surface area contributed by atoms with Crippen LogP contribution in [0.3, 0.4) is 0 Å². The molecule has 1 saturated heterocycles. The summed E-state index contributed by atoms with van der Waals surface area (Å²) >= 11 is 0. The monoisotopic (exact) mass is 297 g/mol. The number of H-pyrrole nitrogens is 1. The van der Waals surface area contributed by atoms with E-state index in [0.29, 0.717) is 29.9 Å². The van der Waals surface area contributed by atoms with E-state index in [1.807, 2.05) is 0 Å². The van der Waals surface area contributed by atoms with Crippen LogP contribution in [0, 0.1) is 0 Å². The molecule has 0 aliphatic carbocycles. The molecule has 1 aromatic carbocycles. The number of imidazole rings is 1. The Balaban J connectivity index is 1.90. The zero-order chi connectivity index (χ0) is 15.2. The predicted octanol–water partition coefficient (Wildman–Crippen LogP) is 2.92. The third kappa shape index (κ3) is 2.59. The van der Waals surface area contributed by atoms with Crippen LogP contribution in [0.2, 0.25) is 0 Å². The number of hydrogen-bond acceptors (Lipinski definition) is 2. The number of hydrogen-bond donors (Lipinski definition) is 1. The molecule has 1 amide bonds. The lowest BCUT2D eigenvalue weighted by atomic mass is 10.1. The van der Waals surface area contributed by atoms with Gasteiger partial charge in [-0.1, -0.05) is 0 Å². The number of likely N-dealkylation sites (tertiary alicyclic amines) is 1. The number of alkyl halides is 3. The van der Waals surface area contributed by atoms with E-state index in [2.05, 4.69) is 9.97 Å². The van der Waals surface area contributed by atoms with E-state index in [1.54, 1.807) is 4.90 Å². The highest BCUT2D eigenvalue weighted by Gasteiger charge is 2.31. The van der Waals surface area contributed by atoms with Gasteiger partial charge >= 0.3 is 6.18 Å². The van der Waals surface area contributed by atoms with Gasteiger partial charge < -0.3 is 9.88 Å². The second-order valence-corrected chi connectivity index (χ2v) is 5.30. The minimum absolute atomic E-state index is 0.00738. The smallest absolute Gasteiger partial charge is 0.342 e. The maximum Gasteiger partial charge on any atom is 0.416 e. The van der Waals surface area contributed by atoms with Crippen LogP contribution in [0.1, 0.15) is 30.7 Å². The quantitative estimate of drug-likeness (QED) is 0.880. The fourth-order valence-corrected chi connectivity index (χ4v) is 2.67. The van der Waals surface area contributed by atoms with Gasteiger partial charge in [-0.05, 0) is 24.6 Å². The van der Waals surface area contributed by atoms with Crippen molar-refractivity contribution in [1.29, 1.82) is 0 Å². The van der Waals surface area contributed by atoms with Crippen LogP contribution in [0.15, 0.2) is 18.2 Å². The summed E-state index contributed by atoms with van der Waals surface area (Å²) in [5, 5.41) is 0. The lowest BCUT2D eigenvalue weighted by Gasteiger charge is -2.12. The van der Waals surface area contributed by atoms with Crippen LogP contribution in [0.4, 0.5) is 13.2 Å². The summed E-state index contributed by atoms with van der Waals surface area (Å²) in [6.07, 6.45) is -3.59. The number of fused-ring (bicyclic) bond motifs is 1. The van der Waals surface area contributed by atoms with Gasteiger partial charge in [-0.2, -0.15) is 13.2 Å². The molecule has 4 nitrogen and oxygen atoms in total. The average Bonchev–Trinajstić information content (AvgIpc) is 3.03. The van der Waals surface area contributed by atoms with Gasteiger partial charge in [0.25, 0.3) is 0 Å². The molecule has 3 rings (SSSR count). The van der Waals surface area contributed by atoms with Crippen molar-refractivity contribution >= 4 is 16.9 Å². The number of halogens is 3. The Morgan fingerprint density at radius 2 is 2.19 bits per heavy atom. The fraction of sp³-hybridized carbons (Fsp3) is 0.429. The number of rotatable bonds is 1. The van der Waals surface area contributed by atoms with E-state index in [9.17, 15) is 18.0 Å². The number of carbonyl (C=O) groups excluding carboxylic acids is 1. The molecule has 7 heteroatoms. The van der Waals surface area contributed by atoms with E-state index in [0.717, 1.165) is 18.6 Å². The molecule has 1 aliphatic heterocycles. The van der Waals surface area contributed by atoms with Crippen LogP contribution < -0.4 is 0 Å². The highest BCUT2D eigenvalue weighted by molar-refractivity contribution is 5.76. The molecule has 112 valence electrons. The normalized spacial score (nSPS) is 19.4. The van der Waals surface area contributed by atoms with Gasteiger partial charge in [-0.25, -0.2) is 4.98 Å². The second-order valence-electron chi connectivity index (χ2n) is 5.30. The maximum atomic E-state index is 12.7. The zero-order valence-electron chi connectivity index (χ0n) is 11.4. The molecule has 1 N–H and O–H groups in total. The molecule has 21 heavy (non-hydrogen) atoms. The van der Waals surface area contributed by atoms with Crippen molar-refractivity contribution in [1.82, 2.24) is 14.9 Å². The Bertz CT molecular complexity index is 692. The van der Waals surface area contributed by atoms with Gasteiger partial charge in [0.05, 0.1) is 16.6 Å². The van der Waals surface area contributed by atoms with Gasteiger partial charge in [-0.15, -0.1) is 0 Å². The van der Waals surface area contributed by atoms with Gasteiger partial charge in [0.15, 0.2) is 0 Å². The minimum Gasteiger partial charge on any atom is -0.342 e. The lowest BCUT2D eigenvalue weighted by Crippen LogP contribution is -2.25. The van der Waals surface area contributed by atoms with E-state index in [4.69, 9.17) is 0 Å². The van der Waals surface area contributed by atoms with Crippen LogP contribution in [0.25, 0.3) is 11.0 Å². The molecular formula is C14H14F3N3O. The molecule has 0 saturated carbocycles. The first-order chi connectivity index (χ1) is 9.84. The summed E-state index contributed by atoms with van der Waals surface area (Å²) in [5.41, 5.74) is 0.197. The van der Waals surface area contributed by atoms with E-state index < -0.39 is 11.7 Å². The molecule has 1 fully saturated rings. The van der Waals surface area contributed by atoms with Crippen molar-refractivity contribution < 1.29 is 18.0 Å². The summed E-state index contributed by atoms with van der Waals surface area (Å²) < 4.78 is 38.1. The molecule has 0 unspecified atom stereocenters. The maximum absolute atomic E-state index is 12.7. The topological polar surface area (TPSA) is 49.0 Å². The molecule has 1 aromatic heterocycles. The van der Waals surface area contributed by atoms with Crippen LogP contribution in [-0.4, -0.2) is 33.9 Å². The van der Waals surface area contributed by atoms with Crippen LogP contribution >= 0.6 is 0 Å². The van der Waals surface area contributed by atoms with E-state index in [1.165, 1.54) is 13.0 Å². The van der Waals surface area contributed by atoms with Crippen molar-refractivity contribution in [2.75, 3.05) is 13.1 Å². The predicted molar refractivity (Wildman–Crippen MR) is 70.7 cm³/mol. The summed E-state index contributed by atoms with van der Waals surface area (Å²) in [6.45, 7) is 2.72. The molecular weight excluding hydrogens is 283 g/mol. The Hall–Kier alpha value is -2.05. The number of nitrogens with one attached hydrogen (secondary N) is 1. The summed E-state index contributed by atoms with van der Waals surface area (Å²) in [4.78, 5) is 20.4. The number of aromatic amines is 1. The highest BCUT2D eigenvalue weighted by Crippen LogP contribution is 2.32. The molecule has 0 spiro atoms. The van der Waals surface area contributed by atoms with Crippen LogP contribution in [-0.2, 0) is 11.0 Å². The summed E-state index contributed by atoms with van der Waals surface area (Å²) in [6, 6.07) is 3.48. The third-order valence-corrected chi connectivity index (χ3v) is 3.85. The molecule has 0 radical (unpaired) electrons. The second kappa shape index (κ2) is 4.75. The number of aromatic nitrogens is 2. The average molecular weight is 297 g/mol. The Morgan fingerprint density at radius 1 is 1.43 bits per heavy atom. The van der Waals surface area contributed by atoms with Crippen molar-refractivity contribution in [3.05, 3.63) is 29.6 Å². The zero-order valence-corrected chi connectivity index (χ0v) is 11.4. The van der Waals surface area contributed by atoms with Gasteiger partial charge in [-0.3, -0.25) is 4.79 Å². The molecule has 0 bridgehead atoms. The van der Waals surface area contributed by atoms with Crippen LogP contribution in [0.5, 0.6) is 0 Å². The van der Waals surface area contributed by atoms with Crippen molar-refractivity contribution in [3.63, 3.8) is 0 Å². The van der Waals surface area contributed by atoms with Gasteiger partial charge in [0.2, 0.25) is 5.91 Å². The molecule has 2 aromatic rings. The summed E-state index contributed by atoms with van der Waals surface area (Å²) in [7, 11) is 0. The minimum atomic E-state index is -4.36. The summed E-state index contributed by atoms with van der Waals surface area (Å²) in [5.74, 6) is 0.705. The van der Waals surface area contributed by atoms with Crippen molar-refractivity contribution in [2.45, 2.75) is 25.4 Å². The first-order valence-electron chi connectivity index (χ1n) is 6.67. The number of benzene rings is 1. The third-order valence-electron chi connectivity index (χ3n) is 3.85. The Kier molecular flexibility index (Phi) is 3.15. The largest absolute Gasteiger partial charge is 0.416 e. The van der Waals surface area contributed by atoms with E-state index >= 15 is 0 Å². The molecule has 1 aliphatic rings. The molecule has 2 heterocycles. The van der Waals surface area contributed by atoms with Gasteiger partial charge in [0.1, 0.15) is 5.82 Å². The first kappa shape index (κ1) is 13.9. The Morgan fingerprint density at radius 3 is 2.81 bits per heavy atom. The highest BCUT2D eigenvalue weighted by atomic mass is 19.4. The lowest BCUT2D eigenvalue weighted by molar-refractivity contribution is -0.137. The number of nitrogens with zero attached hydrogens (tertiary/aromatic N) is 2. The van der Waals surface area contributed by atoms with E-state index in [-0.39, 0.29) is 11.8 Å². The number of amides is 1.